The fourth-order valence-electron chi connectivity index (χ4n) is 2.51. The van der Waals surface area contributed by atoms with Crippen molar-refractivity contribution < 1.29 is 4.39 Å². The second kappa shape index (κ2) is 5.29. The molecule has 0 radical (unpaired) electrons. The van der Waals surface area contributed by atoms with Gasteiger partial charge in [-0.05, 0) is 52.7 Å². The summed E-state index contributed by atoms with van der Waals surface area (Å²) < 4.78 is 14.7. The molecule has 0 unspecified atom stereocenters. The van der Waals surface area contributed by atoms with Crippen LogP contribution in [0.2, 0.25) is 0 Å². The summed E-state index contributed by atoms with van der Waals surface area (Å²) in [6.45, 7) is 0. The third-order valence-corrected chi connectivity index (χ3v) is 5.23. The van der Waals surface area contributed by atoms with Gasteiger partial charge in [-0.2, -0.15) is 0 Å². The average Bonchev–Trinajstić information content (AvgIpc) is 2.29. The van der Waals surface area contributed by atoms with Crippen molar-refractivity contribution in [1.29, 1.82) is 0 Å². The number of halogens is 2. The Morgan fingerprint density at radius 3 is 2.47 bits per heavy atom. The number of nitrogens with two attached hydrogens (primary N) is 1. The van der Waals surface area contributed by atoms with Crippen LogP contribution in [0.5, 0.6) is 0 Å². The van der Waals surface area contributed by atoms with Gasteiger partial charge in [-0.15, -0.1) is 11.8 Å². The van der Waals surface area contributed by atoms with E-state index in [9.17, 15) is 4.39 Å². The van der Waals surface area contributed by atoms with Crippen LogP contribution < -0.4 is 5.73 Å². The van der Waals surface area contributed by atoms with Crippen molar-refractivity contribution in [2.24, 2.45) is 5.73 Å². The largest absolute Gasteiger partial charge is 0.321 e. The lowest BCUT2D eigenvalue weighted by molar-refractivity contribution is 0.301. The molecular formula is C13H17BrFNS. The van der Waals surface area contributed by atoms with Crippen molar-refractivity contribution in [3.05, 3.63) is 28.0 Å². The van der Waals surface area contributed by atoms with Gasteiger partial charge in [0.05, 0.1) is 4.90 Å². The van der Waals surface area contributed by atoms with Gasteiger partial charge in [0.2, 0.25) is 0 Å². The first kappa shape index (κ1) is 13.4. The molecule has 1 nitrogen and oxygen atoms in total. The van der Waals surface area contributed by atoms with Crippen molar-refractivity contribution in [3.63, 3.8) is 0 Å². The Balaban J connectivity index is 2.39. The maximum Gasteiger partial charge on any atom is 0.138 e. The van der Waals surface area contributed by atoms with Crippen LogP contribution in [0.25, 0.3) is 0 Å². The molecule has 0 spiro atoms. The van der Waals surface area contributed by atoms with E-state index in [1.807, 2.05) is 12.3 Å². The van der Waals surface area contributed by atoms with Gasteiger partial charge in [0.15, 0.2) is 0 Å². The lowest BCUT2D eigenvalue weighted by Gasteiger charge is -2.34. The van der Waals surface area contributed by atoms with Gasteiger partial charge in [0, 0.05) is 10.0 Å². The minimum Gasteiger partial charge on any atom is -0.321 e. The highest BCUT2D eigenvalue weighted by Gasteiger charge is 2.30. The van der Waals surface area contributed by atoms with E-state index in [4.69, 9.17) is 5.73 Å². The Bertz CT molecular complexity index is 393. The third kappa shape index (κ3) is 2.69. The Morgan fingerprint density at radius 1 is 1.29 bits per heavy atom. The highest BCUT2D eigenvalue weighted by atomic mass is 79.9. The van der Waals surface area contributed by atoms with Crippen LogP contribution in [0.1, 0.15) is 37.7 Å². The van der Waals surface area contributed by atoms with E-state index < -0.39 is 0 Å². The van der Waals surface area contributed by atoms with Crippen molar-refractivity contribution in [2.75, 3.05) is 6.26 Å². The second-order valence-electron chi connectivity index (χ2n) is 4.69. The van der Waals surface area contributed by atoms with Crippen molar-refractivity contribution in [2.45, 2.75) is 42.5 Å². The topological polar surface area (TPSA) is 26.0 Å². The molecule has 2 N–H and O–H groups in total. The van der Waals surface area contributed by atoms with Crippen LogP contribution in [0, 0.1) is 5.82 Å². The van der Waals surface area contributed by atoms with Gasteiger partial charge < -0.3 is 5.73 Å². The minimum atomic E-state index is -0.335. The van der Waals surface area contributed by atoms with Gasteiger partial charge in [0.25, 0.3) is 0 Å². The molecule has 1 fully saturated rings. The zero-order valence-corrected chi connectivity index (χ0v) is 12.3. The summed E-state index contributed by atoms with van der Waals surface area (Å²) in [5, 5.41) is 0. The Morgan fingerprint density at radius 2 is 1.94 bits per heavy atom. The lowest BCUT2D eigenvalue weighted by Crippen LogP contribution is -2.38. The molecule has 1 aliphatic carbocycles. The smallest absolute Gasteiger partial charge is 0.138 e. The molecule has 17 heavy (non-hydrogen) atoms. The summed E-state index contributed by atoms with van der Waals surface area (Å²) in [6.07, 6.45) is 7.31. The van der Waals surface area contributed by atoms with Crippen molar-refractivity contribution in [1.82, 2.24) is 0 Å². The molecule has 1 saturated carbocycles. The Labute approximate surface area is 114 Å². The van der Waals surface area contributed by atoms with E-state index in [1.54, 1.807) is 6.07 Å². The molecule has 0 heterocycles. The monoisotopic (exact) mass is 317 g/mol. The number of rotatable bonds is 2. The maximum atomic E-state index is 13.9. The van der Waals surface area contributed by atoms with Gasteiger partial charge in [-0.1, -0.05) is 19.3 Å². The Kier molecular flexibility index (Phi) is 4.16. The van der Waals surface area contributed by atoms with Crippen LogP contribution in [-0.2, 0) is 5.54 Å². The van der Waals surface area contributed by atoms with E-state index in [1.165, 1.54) is 18.2 Å². The van der Waals surface area contributed by atoms with E-state index >= 15 is 0 Å². The summed E-state index contributed by atoms with van der Waals surface area (Å²) in [5.41, 5.74) is 7.01. The second-order valence-corrected chi connectivity index (χ2v) is 6.36. The summed E-state index contributed by atoms with van der Waals surface area (Å²) in [7, 11) is 0. The first-order chi connectivity index (χ1) is 8.07. The van der Waals surface area contributed by atoms with Crippen LogP contribution in [0.3, 0.4) is 0 Å². The molecule has 1 aromatic carbocycles. The molecule has 0 aliphatic heterocycles. The molecule has 4 heteroatoms. The van der Waals surface area contributed by atoms with Crippen LogP contribution in [0.4, 0.5) is 4.39 Å². The minimum absolute atomic E-state index is 0.169. The summed E-state index contributed by atoms with van der Waals surface area (Å²) in [6, 6.07) is 3.60. The van der Waals surface area contributed by atoms with E-state index in [-0.39, 0.29) is 11.4 Å². The fourth-order valence-corrected chi connectivity index (χ4v) is 3.94. The van der Waals surface area contributed by atoms with E-state index in [0.29, 0.717) is 4.90 Å². The molecule has 0 atom stereocenters. The van der Waals surface area contributed by atoms with Crippen LogP contribution >= 0.6 is 27.7 Å². The number of hydrogen-bond donors (Lipinski definition) is 1. The maximum absolute atomic E-state index is 13.9. The zero-order valence-electron chi connectivity index (χ0n) is 9.93. The molecular weight excluding hydrogens is 301 g/mol. The molecule has 94 valence electrons. The first-order valence-corrected chi connectivity index (χ1v) is 7.91. The highest BCUT2D eigenvalue weighted by Crippen LogP contribution is 2.38. The molecule has 1 aromatic rings. The summed E-state index contributed by atoms with van der Waals surface area (Å²) in [4.78, 5) is 0.660. The molecule has 0 aromatic heterocycles. The van der Waals surface area contributed by atoms with Crippen molar-refractivity contribution in [3.8, 4) is 0 Å². The molecule has 0 amide bonds. The van der Waals surface area contributed by atoms with Gasteiger partial charge in [0.1, 0.15) is 5.82 Å². The summed E-state index contributed by atoms with van der Waals surface area (Å²) >= 11 is 4.85. The Hall–Kier alpha value is -0.0600. The molecule has 0 bridgehead atoms. The SMILES string of the molecule is CSc1c(F)cc(C2(N)CCCCC2)cc1Br. The van der Waals surface area contributed by atoms with Crippen LogP contribution in [-0.4, -0.2) is 6.26 Å². The van der Waals surface area contributed by atoms with E-state index in [0.717, 1.165) is 35.7 Å². The standard InChI is InChI=1S/C13H17BrFNS/c1-17-12-10(14)7-9(8-11(12)15)13(16)5-3-2-4-6-13/h7-8H,2-6,16H2,1H3. The van der Waals surface area contributed by atoms with Crippen LogP contribution in [0.15, 0.2) is 21.5 Å². The highest BCUT2D eigenvalue weighted by molar-refractivity contribution is 9.10. The van der Waals surface area contributed by atoms with Gasteiger partial charge in [-0.25, -0.2) is 4.39 Å². The summed E-state index contributed by atoms with van der Waals surface area (Å²) in [5.74, 6) is -0.169. The average molecular weight is 318 g/mol. The van der Waals surface area contributed by atoms with Gasteiger partial charge >= 0.3 is 0 Å². The van der Waals surface area contributed by atoms with Crippen molar-refractivity contribution >= 4 is 27.7 Å². The zero-order chi connectivity index (χ0) is 12.5. The fraction of sp³-hybridized carbons (Fsp3) is 0.538. The molecule has 1 aliphatic rings. The van der Waals surface area contributed by atoms with E-state index in [2.05, 4.69) is 15.9 Å². The number of benzene rings is 1. The predicted molar refractivity (Wildman–Crippen MR) is 74.8 cm³/mol. The molecule has 2 rings (SSSR count). The number of hydrogen-bond acceptors (Lipinski definition) is 2. The number of thioether (sulfide) groups is 1. The normalized spacial score (nSPS) is 19.3. The first-order valence-electron chi connectivity index (χ1n) is 5.89. The lowest BCUT2D eigenvalue weighted by atomic mass is 9.77. The third-order valence-electron chi connectivity index (χ3n) is 3.52. The van der Waals surface area contributed by atoms with Gasteiger partial charge in [-0.3, -0.25) is 0 Å². The molecule has 0 saturated heterocycles. The predicted octanol–water partition coefficient (Wildman–Crippen LogP) is 4.43. The quantitative estimate of drug-likeness (QED) is 0.817.